The summed E-state index contributed by atoms with van der Waals surface area (Å²) in [4.78, 5) is 29.1. The Bertz CT molecular complexity index is 891. The molecule has 0 radical (unpaired) electrons. The molecule has 3 amide bonds. The molecule has 0 spiro atoms. The number of amides is 3. The normalized spacial score (nSPS) is 19.2. The van der Waals surface area contributed by atoms with Crippen LogP contribution in [0.25, 0.3) is 0 Å². The first-order chi connectivity index (χ1) is 14.6. The van der Waals surface area contributed by atoms with Crippen molar-refractivity contribution in [2.75, 3.05) is 31.1 Å². The Kier molecular flexibility index (Phi) is 6.33. The maximum atomic E-state index is 13.0. The monoisotopic (exact) mass is 407 g/mol. The number of urea groups is 1. The quantitative estimate of drug-likeness (QED) is 0.794. The fourth-order valence-electron chi connectivity index (χ4n) is 4.11. The van der Waals surface area contributed by atoms with Crippen molar-refractivity contribution in [2.45, 2.75) is 38.8 Å². The van der Waals surface area contributed by atoms with E-state index >= 15 is 0 Å². The van der Waals surface area contributed by atoms with Gasteiger partial charge in [0.1, 0.15) is 0 Å². The zero-order valence-corrected chi connectivity index (χ0v) is 17.5. The van der Waals surface area contributed by atoms with E-state index in [1.54, 1.807) is 17.0 Å². The smallest absolute Gasteiger partial charge is 0.324 e. The summed E-state index contributed by atoms with van der Waals surface area (Å²) in [6.45, 7) is 5.44. The van der Waals surface area contributed by atoms with Gasteiger partial charge in [-0.3, -0.25) is 9.69 Å². The molecule has 0 aliphatic carbocycles. The number of nitrogens with one attached hydrogen (secondary N) is 1. The number of hydrogen-bond acceptors (Lipinski definition) is 3. The van der Waals surface area contributed by atoms with Crippen molar-refractivity contribution in [3.63, 3.8) is 0 Å². The largest absolute Gasteiger partial charge is 0.376 e. The van der Waals surface area contributed by atoms with Gasteiger partial charge < -0.3 is 15.0 Å². The van der Waals surface area contributed by atoms with Gasteiger partial charge in [0.25, 0.3) is 5.91 Å². The Morgan fingerprint density at radius 3 is 2.70 bits per heavy atom. The van der Waals surface area contributed by atoms with Crippen LogP contribution < -0.4 is 10.2 Å². The molecule has 6 heteroatoms. The van der Waals surface area contributed by atoms with Crippen LogP contribution in [0.5, 0.6) is 0 Å². The van der Waals surface area contributed by atoms with Gasteiger partial charge in [-0.05, 0) is 56.0 Å². The van der Waals surface area contributed by atoms with Gasteiger partial charge in [0, 0.05) is 44.0 Å². The predicted octanol–water partition coefficient (Wildman–Crippen LogP) is 3.74. The Morgan fingerprint density at radius 2 is 1.97 bits per heavy atom. The minimum Gasteiger partial charge on any atom is -0.376 e. The average Bonchev–Trinajstić information content (AvgIpc) is 3.27. The number of hydrogen-bond donors (Lipinski definition) is 1. The molecule has 2 heterocycles. The Hall–Kier alpha value is -2.86. The van der Waals surface area contributed by atoms with Crippen molar-refractivity contribution < 1.29 is 14.3 Å². The molecule has 2 aliphatic rings. The second-order valence-electron chi connectivity index (χ2n) is 8.09. The second kappa shape index (κ2) is 9.30. The average molecular weight is 408 g/mol. The number of benzene rings is 2. The highest BCUT2D eigenvalue weighted by Gasteiger charge is 2.27. The highest BCUT2D eigenvalue weighted by Crippen LogP contribution is 2.22. The number of anilines is 1. The molecule has 30 heavy (non-hydrogen) atoms. The minimum absolute atomic E-state index is 0.0124. The predicted molar refractivity (Wildman–Crippen MR) is 117 cm³/mol. The summed E-state index contributed by atoms with van der Waals surface area (Å²) in [5.41, 5.74) is 3.76. The number of aryl methyl sites for hydroxylation is 1. The van der Waals surface area contributed by atoms with E-state index in [4.69, 9.17) is 4.74 Å². The molecular formula is C24H29N3O3. The number of rotatable bonds is 6. The van der Waals surface area contributed by atoms with Crippen LogP contribution in [0, 0.1) is 6.92 Å². The van der Waals surface area contributed by atoms with E-state index in [0.717, 1.165) is 43.7 Å². The molecule has 6 nitrogen and oxygen atoms in total. The van der Waals surface area contributed by atoms with Crippen LogP contribution in [0.2, 0.25) is 0 Å². The SMILES string of the molecule is Cc1cccc(CN2CCCN(c3ccc(C(=O)NCC4CCCO4)cc3)C2=O)c1. The van der Waals surface area contributed by atoms with E-state index in [2.05, 4.69) is 30.4 Å². The fraction of sp³-hybridized carbons (Fsp3) is 0.417. The van der Waals surface area contributed by atoms with E-state index < -0.39 is 0 Å². The van der Waals surface area contributed by atoms with Gasteiger partial charge in [0.05, 0.1) is 6.10 Å². The highest BCUT2D eigenvalue weighted by molar-refractivity contribution is 5.96. The summed E-state index contributed by atoms with van der Waals surface area (Å²) in [7, 11) is 0. The number of ether oxygens (including phenoxy) is 1. The summed E-state index contributed by atoms with van der Waals surface area (Å²) < 4.78 is 5.55. The lowest BCUT2D eigenvalue weighted by Gasteiger charge is -2.35. The maximum absolute atomic E-state index is 13.0. The maximum Gasteiger partial charge on any atom is 0.324 e. The summed E-state index contributed by atoms with van der Waals surface area (Å²) in [6.07, 6.45) is 3.09. The van der Waals surface area contributed by atoms with Crippen LogP contribution in [0.15, 0.2) is 48.5 Å². The van der Waals surface area contributed by atoms with E-state index in [9.17, 15) is 9.59 Å². The molecule has 2 aromatic carbocycles. The number of nitrogens with zero attached hydrogens (tertiary/aromatic N) is 2. The third-order valence-electron chi connectivity index (χ3n) is 5.72. The molecule has 1 unspecified atom stereocenters. The molecule has 0 saturated carbocycles. The van der Waals surface area contributed by atoms with Gasteiger partial charge >= 0.3 is 6.03 Å². The zero-order valence-electron chi connectivity index (χ0n) is 17.5. The van der Waals surface area contributed by atoms with Crippen molar-refractivity contribution in [1.82, 2.24) is 10.2 Å². The molecule has 1 N–H and O–H groups in total. The van der Waals surface area contributed by atoms with Crippen LogP contribution in [0.4, 0.5) is 10.5 Å². The lowest BCUT2D eigenvalue weighted by molar-refractivity contribution is 0.0858. The first-order valence-corrected chi connectivity index (χ1v) is 10.7. The Morgan fingerprint density at radius 1 is 1.13 bits per heavy atom. The summed E-state index contributed by atoms with van der Waals surface area (Å²) in [6, 6.07) is 15.6. The first kappa shape index (κ1) is 20.4. The number of carbonyl (C=O) groups excluding carboxylic acids is 2. The first-order valence-electron chi connectivity index (χ1n) is 10.7. The molecule has 2 aromatic rings. The van der Waals surface area contributed by atoms with Gasteiger partial charge in [-0.1, -0.05) is 29.8 Å². The molecule has 2 aliphatic heterocycles. The minimum atomic E-state index is -0.108. The molecule has 0 aromatic heterocycles. The fourth-order valence-corrected chi connectivity index (χ4v) is 4.11. The highest BCUT2D eigenvalue weighted by atomic mass is 16.5. The summed E-state index contributed by atoms with van der Waals surface area (Å²) in [5, 5.41) is 2.93. The van der Waals surface area contributed by atoms with Gasteiger partial charge in [-0.2, -0.15) is 0 Å². The van der Waals surface area contributed by atoms with Crippen molar-refractivity contribution in [2.24, 2.45) is 0 Å². The molecule has 2 saturated heterocycles. The summed E-state index contributed by atoms with van der Waals surface area (Å²) >= 11 is 0. The molecule has 1 atom stereocenters. The molecular weight excluding hydrogens is 378 g/mol. The summed E-state index contributed by atoms with van der Waals surface area (Å²) in [5.74, 6) is -0.108. The van der Waals surface area contributed by atoms with Gasteiger partial charge in [0.15, 0.2) is 0 Å². The molecule has 158 valence electrons. The molecule has 0 bridgehead atoms. The lowest BCUT2D eigenvalue weighted by Crippen LogP contribution is -2.49. The van der Waals surface area contributed by atoms with Crippen molar-refractivity contribution in [3.8, 4) is 0 Å². The zero-order chi connectivity index (χ0) is 20.9. The van der Waals surface area contributed by atoms with Crippen molar-refractivity contribution in [3.05, 3.63) is 65.2 Å². The van der Waals surface area contributed by atoms with Gasteiger partial charge in [0.2, 0.25) is 0 Å². The van der Waals surface area contributed by atoms with Crippen LogP contribution in [-0.4, -0.2) is 49.2 Å². The van der Waals surface area contributed by atoms with Crippen LogP contribution in [-0.2, 0) is 11.3 Å². The third-order valence-corrected chi connectivity index (χ3v) is 5.72. The topological polar surface area (TPSA) is 61.9 Å². The van der Waals surface area contributed by atoms with Crippen LogP contribution in [0.1, 0.15) is 40.7 Å². The Balaban J connectivity index is 1.37. The lowest BCUT2D eigenvalue weighted by atomic mass is 10.1. The van der Waals surface area contributed by atoms with E-state index in [-0.39, 0.29) is 18.0 Å². The Labute approximate surface area is 177 Å². The van der Waals surface area contributed by atoms with Gasteiger partial charge in [-0.25, -0.2) is 4.79 Å². The molecule has 2 fully saturated rings. The number of carbonyl (C=O) groups is 2. The van der Waals surface area contributed by atoms with E-state index in [0.29, 0.717) is 25.2 Å². The van der Waals surface area contributed by atoms with Crippen molar-refractivity contribution in [1.29, 1.82) is 0 Å². The molecule has 4 rings (SSSR count). The standard InChI is InChI=1S/C24H29N3O3/c1-18-5-2-6-19(15-18)17-26-12-4-13-27(24(26)29)21-10-8-20(9-11-21)23(28)25-16-22-7-3-14-30-22/h2,5-6,8-11,15,22H,3-4,7,12-14,16-17H2,1H3,(H,25,28). The van der Waals surface area contributed by atoms with Crippen LogP contribution >= 0.6 is 0 Å². The van der Waals surface area contributed by atoms with Crippen LogP contribution in [0.3, 0.4) is 0 Å². The second-order valence-corrected chi connectivity index (χ2v) is 8.09. The van der Waals surface area contributed by atoms with Crippen molar-refractivity contribution >= 4 is 17.6 Å². The van der Waals surface area contributed by atoms with Gasteiger partial charge in [-0.15, -0.1) is 0 Å². The van der Waals surface area contributed by atoms with E-state index in [1.807, 2.05) is 23.1 Å². The third kappa shape index (κ3) is 4.82. The van der Waals surface area contributed by atoms with E-state index in [1.165, 1.54) is 5.56 Å².